The largest absolute Gasteiger partial charge is 0.496 e. The molecule has 0 aliphatic carbocycles. The van der Waals surface area contributed by atoms with Gasteiger partial charge in [0.2, 0.25) is 5.91 Å². The summed E-state index contributed by atoms with van der Waals surface area (Å²) in [5, 5.41) is 5.07. The topological polar surface area (TPSA) is 64.1 Å². The van der Waals surface area contributed by atoms with Crippen LogP contribution in [0.25, 0.3) is 22.0 Å². The molecule has 0 bridgehead atoms. The van der Waals surface area contributed by atoms with Gasteiger partial charge in [-0.25, -0.2) is 9.97 Å². The second-order valence-corrected chi connectivity index (χ2v) is 6.35. The SMILES string of the molecule is COc1ccccc1-c1cc(NC(=O)Cc2cccc3ccccc23)ncn1. The number of carbonyl (C=O) groups excluding carboxylic acids is 1. The Hall–Kier alpha value is -3.73. The normalized spacial score (nSPS) is 10.6. The Bertz CT molecular complexity index is 1140. The fraction of sp³-hybridized carbons (Fsp3) is 0.0870. The molecular formula is C23H19N3O2. The smallest absolute Gasteiger partial charge is 0.229 e. The summed E-state index contributed by atoms with van der Waals surface area (Å²) in [7, 11) is 1.62. The summed E-state index contributed by atoms with van der Waals surface area (Å²) in [6.07, 6.45) is 1.71. The zero-order valence-electron chi connectivity index (χ0n) is 15.4. The third-order valence-electron chi connectivity index (χ3n) is 4.55. The Morgan fingerprint density at radius 3 is 2.64 bits per heavy atom. The summed E-state index contributed by atoms with van der Waals surface area (Å²) in [6, 6.07) is 23.4. The average molecular weight is 369 g/mol. The molecule has 0 aliphatic rings. The predicted octanol–water partition coefficient (Wildman–Crippen LogP) is 4.49. The molecule has 0 unspecified atom stereocenters. The molecule has 0 aliphatic heterocycles. The Morgan fingerprint density at radius 2 is 1.75 bits per heavy atom. The first kappa shape index (κ1) is 17.7. The van der Waals surface area contributed by atoms with E-state index >= 15 is 0 Å². The molecule has 0 saturated heterocycles. The number of carbonyl (C=O) groups is 1. The van der Waals surface area contributed by atoms with E-state index in [4.69, 9.17) is 4.74 Å². The number of rotatable bonds is 5. The van der Waals surface area contributed by atoms with Crippen molar-refractivity contribution >= 4 is 22.5 Å². The molecule has 4 aromatic rings. The van der Waals surface area contributed by atoms with Crippen LogP contribution in [0.3, 0.4) is 0 Å². The Balaban J connectivity index is 1.55. The molecule has 0 saturated carbocycles. The minimum Gasteiger partial charge on any atom is -0.496 e. The zero-order chi connectivity index (χ0) is 19.3. The highest BCUT2D eigenvalue weighted by molar-refractivity contribution is 5.96. The summed E-state index contributed by atoms with van der Waals surface area (Å²) >= 11 is 0. The van der Waals surface area contributed by atoms with E-state index in [0.29, 0.717) is 17.3 Å². The van der Waals surface area contributed by atoms with Crippen LogP contribution in [-0.4, -0.2) is 23.0 Å². The number of methoxy groups -OCH3 is 1. The number of fused-ring (bicyclic) bond motifs is 1. The van der Waals surface area contributed by atoms with Crippen molar-refractivity contribution in [1.29, 1.82) is 0 Å². The number of hydrogen-bond donors (Lipinski definition) is 1. The Morgan fingerprint density at radius 1 is 0.964 bits per heavy atom. The molecular weight excluding hydrogens is 350 g/mol. The summed E-state index contributed by atoms with van der Waals surface area (Å²) in [6.45, 7) is 0. The zero-order valence-corrected chi connectivity index (χ0v) is 15.4. The van der Waals surface area contributed by atoms with Crippen LogP contribution in [-0.2, 0) is 11.2 Å². The molecule has 0 radical (unpaired) electrons. The minimum atomic E-state index is -0.124. The van der Waals surface area contributed by atoms with Gasteiger partial charge in [-0.15, -0.1) is 0 Å². The van der Waals surface area contributed by atoms with E-state index in [0.717, 1.165) is 21.9 Å². The molecule has 5 nitrogen and oxygen atoms in total. The van der Waals surface area contributed by atoms with E-state index in [1.807, 2.05) is 66.7 Å². The highest BCUT2D eigenvalue weighted by Gasteiger charge is 2.11. The van der Waals surface area contributed by atoms with Gasteiger partial charge in [0.05, 0.1) is 19.2 Å². The number of benzene rings is 3. The van der Waals surface area contributed by atoms with Gasteiger partial charge in [-0.05, 0) is 28.5 Å². The van der Waals surface area contributed by atoms with Crippen molar-refractivity contribution in [1.82, 2.24) is 9.97 Å². The molecule has 1 heterocycles. The van der Waals surface area contributed by atoms with Crippen LogP contribution >= 0.6 is 0 Å². The second kappa shape index (κ2) is 7.88. The van der Waals surface area contributed by atoms with E-state index in [1.54, 1.807) is 13.2 Å². The molecule has 0 fully saturated rings. The lowest BCUT2D eigenvalue weighted by molar-refractivity contribution is -0.115. The summed E-state index contributed by atoms with van der Waals surface area (Å²) in [5.41, 5.74) is 2.51. The van der Waals surface area contributed by atoms with E-state index in [-0.39, 0.29) is 12.3 Å². The van der Waals surface area contributed by atoms with Crippen molar-refractivity contribution in [2.75, 3.05) is 12.4 Å². The molecule has 0 atom stereocenters. The summed E-state index contributed by atoms with van der Waals surface area (Å²) in [4.78, 5) is 21.1. The monoisotopic (exact) mass is 369 g/mol. The first-order chi connectivity index (χ1) is 13.7. The van der Waals surface area contributed by atoms with Gasteiger partial charge in [0.25, 0.3) is 0 Å². The predicted molar refractivity (Wildman–Crippen MR) is 110 cm³/mol. The molecule has 138 valence electrons. The van der Waals surface area contributed by atoms with Gasteiger partial charge >= 0.3 is 0 Å². The van der Waals surface area contributed by atoms with E-state index in [1.165, 1.54) is 6.33 Å². The van der Waals surface area contributed by atoms with Crippen molar-refractivity contribution in [2.24, 2.45) is 0 Å². The third-order valence-corrected chi connectivity index (χ3v) is 4.55. The lowest BCUT2D eigenvalue weighted by Gasteiger charge is -2.10. The van der Waals surface area contributed by atoms with Crippen molar-refractivity contribution in [3.8, 4) is 17.0 Å². The van der Waals surface area contributed by atoms with E-state index in [9.17, 15) is 4.79 Å². The fourth-order valence-corrected chi connectivity index (χ4v) is 3.24. The summed E-state index contributed by atoms with van der Waals surface area (Å²) in [5.74, 6) is 1.05. The number of aromatic nitrogens is 2. The number of ether oxygens (including phenoxy) is 1. The number of para-hydroxylation sites is 1. The number of amides is 1. The quantitative estimate of drug-likeness (QED) is 0.563. The molecule has 1 amide bonds. The lowest BCUT2D eigenvalue weighted by atomic mass is 10.0. The van der Waals surface area contributed by atoms with Crippen LogP contribution in [0.15, 0.2) is 79.1 Å². The molecule has 28 heavy (non-hydrogen) atoms. The standard InChI is InChI=1S/C23H19N3O2/c1-28-21-12-5-4-11-19(21)20-14-22(25-15-24-20)26-23(27)13-17-9-6-8-16-7-2-3-10-18(16)17/h2-12,14-15H,13H2,1H3,(H,24,25,26,27). The molecule has 0 spiro atoms. The first-order valence-corrected chi connectivity index (χ1v) is 8.96. The maximum atomic E-state index is 12.6. The van der Waals surface area contributed by atoms with Crippen molar-refractivity contribution in [2.45, 2.75) is 6.42 Å². The average Bonchev–Trinajstić information content (AvgIpc) is 2.74. The highest BCUT2D eigenvalue weighted by atomic mass is 16.5. The van der Waals surface area contributed by atoms with Crippen LogP contribution < -0.4 is 10.1 Å². The fourth-order valence-electron chi connectivity index (χ4n) is 3.24. The molecule has 5 heteroatoms. The van der Waals surface area contributed by atoms with Gasteiger partial charge in [-0.2, -0.15) is 0 Å². The maximum Gasteiger partial charge on any atom is 0.229 e. The Labute approximate surface area is 163 Å². The van der Waals surface area contributed by atoms with E-state index < -0.39 is 0 Å². The van der Waals surface area contributed by atoms with Gasteiger partial charge < -0.3 is 10.1 Å². The van der Waals surface area contributed by atoms with Crippen LogP contribution in [0, 0.1) is 0 Å². The lowest BCUT2D eigenvalue weighted by Crippen LogP contribution is -2.15. The third kappa shape index (κ3) is 3.69. The van der Waals surface area contributed by atoms with Crippen molar-refractivity contribution < 1.29 is 9.53 Å². The molecule has 1 N–H and O–H groups in total. The molecule has 3 aromatic carbocycles. The molecule has 1 aromatic heterocycles. The van der Waals surface area contributed by atoms with Crippen LogP contribution in [0.4, 0.5) is 5.82 Å². The number of nitrogens with zero attached hydrogens (tertiary/aromatic N) is 2. The second-order valence-electron chi connectivity index (χ2n) is 6.35. The van der Waals surface area contributed by atoms with Crippen LogP contribution in [0.5, 0.6) is 5.75 Å². The van der Waals surface area contributed by atoms with Gasteiger partial charge in [0.15, 0.2) is 0 Å². The number of nitrogens with one attached hydrogen (secondary N) is 1. The van der Waals surface area contributed by atoms with Gasteiger partial charge in [0.1, 0.15) is 17.9 Å². The van der Waals surface area contributed by atoms with E-state index in [2.05, 4.69) is 15.3 Å². The molecule has 4 rings (SSSR count). The maximum absolute atomic E-state index is 12.6. The van der Waals surface area contributed by atoms with Crippen LogP contribution in [0.2, 0.25) is 0 Å². The minimum absolute atomic E-state index is 0.124. The summed E-state index contributed by atoms with van der Waals surface area (Å²) < 4.78 is 5.39. The van der Waals surface area contributed by atoms with Crippen molar-refractivity contribution in [3.63, 3.8) is 0 Å². The van der Waals surface area contributed by atoms with Gasteiger partial charge in [-0.1, -0.05) is 54.6 Å². The number of anilines is 1. The van der Waals surface area contributed by atoms with Gasteiger partial charge in [-0.3, -0.25) is 4.79 Å². The highest BCUT2D eigenvalue weighted by Crippen LogP contribution is 2.28. The van der Waals surface area contributed by atoms with Crippen molar-refractivity contribution in [3.05, 3.63) is 84.7 Å². The number of hydrogen-bond acceptors (Lipinski definition) is 4. The Kier molecular flexibility index (Phi) is 4.97. The first-order valence-electron chi connectivity index (χ1n) is 8.96. The van der Waals surface area contributed by atoms with Crippen LogP contribution in [0.1, 0.15) is 5.56 Å². The van der Waals surface area contributed by atoms with Gasteiger partial charge in [0, 0.05) is 11.6 Å².